The number of carbonyl (C=O) groups excluding carboxylic acids is 1. The predicted octanol–water partition coefficient (Wildman–Crippen LogP) is 2.95. The van der Waals surface area contributed by atoms with Crippen molar-refractivity contribution in [3.63, 3.8) is 0 Å². The van der Waals surface area contributed by atoms with Gasteiger partial charge in [-0.05, 0) is 46.8 Å². The number of tetrazole rings is 1. The predicted molar refractivity (Wildman–Crippen MR) is 92.8 cm³/mol. The van der Waals surface area contributed by atoms with Crippen LogP contribution in [0.25, 0.3) is 11.4 Å². The van der Waals surface area contributed by atoms with Gasteiger partial charge < -0.3 is 10.6 Å². The van der Waals surface area contributed by atoms with Gasteiger partial charge >= 0.3 is 6.18 Å². The van der Waals surface area contributed by atoms with Crippen LogP contribution in [0.2, 0.25) is 0 Å². The van der Waals surface area contributed by atoms with Crippen LogP contribution in [0, 0.1) is 0 Å². The Hall–Kier alpha value is -3.43. The number of alkyl halides is 3. The summed E-state index contributed by atoms with van der Waals surface area (Å²) < 4.78 is 39.1. The molecule has 0 bridgehead atoms. The summed E-state index contributed by atoms with van der Waals surface area (Å²) in [4.78, 5) is 12.0. The van der Waals surface area contributed by atoms with E-state index in [0.717, 1.165) is 17.7 Å². The summed E-state index contributed by atoms with van der Waals surface area (Å²) in [6, 6.07) is 11.4. The number of aromatic nitrogens is 4. The Balaban J connectivity index is 1.59. The number of benzene rings is 2. The third kappa shape index (κ3) is 4.60. The number of nitrogens with one attached hydrogen (secondary N) is 2. The fourth-order valence-corrected chi connectivity index (χ4v) is 2.37. The summed E-state index contributed by atoms with van der Waals surface area (Å²) in [5.41, 5.74) is 0.969. The van der Waals surface area contributed by atoms with Gasteiger partial charge in [0.25, 0.3) is 0 Å². The number of nitrogens with zero attached hydrogens (tertiary/aromatic N) is 4. The standard InChI is InChI=1S/C17H15F3N6O/c1-26-16(23-24-25-26)11-3-2-4-14(9-11)21-10-15(27)22-13-7-5-12(6-8-13)17(18,19)20/h2-9,21H,10H2,1H3,(H,22,27). The number of aryl methyl sites for hydroxylation is 1. The zero-order valence-electron chi connectivity index (χ0n) is 14.2. The molecule has 0 atom stereocenters. The Morgan fingerprint density at radius 2 is 1.85 bits per heavy atom. The minimum absolute atomic E-state index is 0.0540. The Kier molecular flexibility index (Phi) is 5.06. The van der Waals surface area contributed by atoms with Gasteiger partial charge in [0.2, 0.25) is 5.91 Å². The van der Waals surface area contributed by atoms with E-state index in [9.17, 15) is 18.0 Å². The number of anilines is 2. The molecule has 0 saturated heterocycles. The average Bonchev–Trinajstić information content (AvgIpc) is 3.06. The summed E-state index contributed by atoms with van der Waals surface area (Å²) in [6.07, 6.45) is -4.41. The number of halogens is 3. The van der Waals surface area contributed by atoms with Crippen molar-refractivity contribution in [2.24, 2.45) is 7.05 Å². The third-order valence-corrected chi connectivity index (χ3v) is 3.69. The van der Waals surface area contributed by atoms with E-state index in [1.165, 1.54) is 16.8 Å². The molecule has 2 aromatic carbocycles. The molecule has 0 aliphatic carbocycles. The number of carbonyl (C=O) groups is 1. The number of hydrogen-bond donors (Lipinski definition) is 2. The van der Waals surface area contributed by atoms with Crippen molar-refractivity contribution >= 4 is 17.3 Å². The zero-order chi connectivity index (χ0) is 19.4. The molecule has 0 spiro atoms. The Morgan fingerprint density at radius 3 is 2.48 bits per heavy atom. The van der Waals surface area contributed by atoms with Crippen LogP contribution in [0.5, 0.6) is 0 Å². The molecule has 7 nitrogen and oxygen atoms in total. The Bertz CT molecular complexity index is 936. The summed E-state index contributed by atoms with van der Waals surface area (Å²) in [5.74, 6) is 0.188. The first-order valence-electron chi connectivity index (χ1n) is 7.87. The van der Waals surface area contributed by atoms with E-state index >= 15 is 0 Å². The van der Waals surface area contributed by atoms with Gasteiger partial charge in [-0.15, -0.1) is 5.10 Å². The Labute approximate surface area is 152 Å². The van der Waals surface area contributed by atoms with Gasteiger partial charge in [0.15, 0.2) is 5.82 Å². The highest BCUT2D eigenvalue weighted by Crippen LogP contribution is 2.29. The molecule has 1 heterocycles. The molecule has 140 valence electrons. The van der Waals surface area contributed by atoms with E-state index in [4.69, 9.17) is 0 Å². The van der Waals surface area contributed by atoms with Gasteiger partial charge in [0, 0.05) is 24.0 Å². The van der Waals surface area contributed by atoms with Gasteiger partial charge in [0.1, 0.15) is 0 Å². The molecule has 0 fully saturated rings. The minimum atomic E-state index is -4.41. The fourth-order valence-electron chi connectivity index (χ4n) is 2.37. The van der Waals surface area contributed by atoms with Crippen LogP contribution < -0.4 is 10.6 Å². The number of amides is 1. The molecule has 3 aromatic rings. The van der Waals surface area contributed by atoms with Crippen molar-refractivity contribution in [3.05, 3.63) is 54.1 Å². The second kappa shape index (κ2) is 7.44. The molecule has 0 unspecified atom stereocenters. The highest BCUT2D eigenvalue weighted by Gasteiger charge is 2.29. The maximum atomic E-state index is 12.5. The topological polar surface area (TPSA) is 84.7 Å². The molecule has 1 aromatic heterocycles. The number of rotatable bonds is 5. The first kappa shape index (κ1) is 18.4. The van der Waals surface area contributed by atoms with Crippen LogP contribution in [-0.4, -0.2) is 32.7 Å². The van der Waals surface area contributed by atoms with E-state index in [0.29, 0.717) is 11.5 Å². The molecule has 0 saturated carbocycles. The molecule has 1 amide bonds. The molecule has 3 rings (SSSR count). The average molecular weight is 376 g/mol. The quantitative estimate of drug-likeness (QED) is 0.715. The fraction of sp³-hybridized carbons (Fsp3) is 0.176. The van der Waals surface area contributed by atoms with Crippen molar-refractivity contribution in [3.8, 4) is 11.4 Å². The molecule has 10 heteroatoms. The normalized spacial score (nSPS) is 11.3. The molecular formula is C17H15F3N6O. The monoisotopic (exact) mass is 376 g/mol. The first-order valence-corrected chi connectivity index (χ1v) is 7.87. The second-order valence-electron chi connectivity index (χ2n) is 5.68. The maximum absolute atomic E-state index is 12.5. The smallest absolute Gasteiger partial charge is 0.376 e. The van der Waals surface area contributed by atoms with Crippen LogP contribution in [-0.2, 0) is 18.0 Å². The van der Waals surface area contributed by atoms with E-state index in [-0.39, 0.29) is 18.1 Å². The summed E-state index contributed by atoms with van der Waals surface area (Å²) in [6.45, 7) is -0.0540. The van der Waals surface area contributed by atoms with E-state index in [1.807, 2.05) is 6.07 Å². The molecular weight excluding hydrogens is 361 g/mol. The van der Waals surface area contributed by atoms with Crippen molar-refractivity contribution in [2.75, 3.05) is 17.2 Å². The van der Waals surface area contributed by atoms with Gasteiger partial charge in [0.05, 0.1) is 12.1 Å². The van der Waals surface area contributed by atoms with Crippen LogP contribution in [0.1, 0.15) is 5.56 Å². The lowest BCUT2D eigenvalue weighted by atomic mass is 10.2. The lowest BCUT2D eigenvalue weighted by Gasteiger charge is -2.10. The van der Waals surface area contributed by atoms with Crippen LogP contribution >= 0.6 is 0 Å². The highest BCUT2D eigenvalue weighted by atomic mass is 19.4. The number of hydrogen-bond acceptors (Lipinski definition) is 5. The van der Waals surface area contributed by atoms with Gasteiger partial charge in [-0.2, -0.15) is 13.2 Å². The van der Waals surface area contributed by atoms with Crippen molar-refractivity contribution in [1.29, 1.82) is 0 Å². The van der Waals surface area contributed by atoms with Crippen LogP contribution in [0.3, 0.4) is 0 Å². The van der Waals surface area contributed by atoms with Crippen molar-refractivity contribution in [1.82, 2.24) is 20.2 Å². The zero-order valence-corrected chi connectivity index (χ0v) is 14.2. The van der Waals surface area contributed by atoms with Gasteiger partial charge in [-0.25, -0.2) is 4.68 Å². The molecule has 0 aliphatic heterocycles. The minimum Gasteiger partial charge on any atom is -0.376 e. The highest BCUT2D eigenvalue weighted by molar-refractivity contribution is 5.93. The van der Waals surface area contributed by atoms with Gasteiger partial charge in [-0.3, -0.25) is 4.79 Å². The molecule has 27 heavy (non-hydrogen) atoms. The van der Waals surface area contributed by atoms with Crippen LogP contribution in [0.15, 0.2) is 48.5 Å². The summed E-state index contributed by atoms with van der Waals surface area (Å²) in [5, 5.41) is 16.8. The molecule has 0 aliphatic rings. The largest absolute Gasteiger partial charge is 0.416 e. The van der Waals surface area contributed by atoms with Crippen LogP contribution in [0.4, 0.5) is 24.5 Å². The molecule has 2 N–H and O–H groups in total. The van der Waals surface area contributed by atoms with E-state index in [2.05, 4.69) is 26.2 Å². The van der Waals surface area contributed by atoms with Crippen molar-refractivity contribution in [2.45, 2.75) is 6.18 Å². The second-order valence-corrected chi connectivity index (χ2v) is 5.68. The van der Waals surface area contributed by atoms with Gasteiger partial charge in [-0.1, -0.05) is 12.1 Å². The third-order valence-electron chi connectivity index (χ3n) is 3.69. The maximum Gasteiger partial charge on any atom is 0.416 e. The lowest BCUT2D eigenvalue weighted by Crippen LogP contribution is -2.21. The summed E-state index contributed by atoms with van der Waals surface area (Å²) >= 11 is 0. The summed E-state index contributed by atoms with van der Waals surface area (Å²) in [7, 11) is 1.72. The van der Waals surface area contributed by atoms with E-state index in [1.54, 1.807) is 25.2 Å². The first-order chi connectivity index (χ1) is 12.8. The molecule has 0 radical (unpaired) electrons. The van der Waals surface area contributed by atoms with E-state index < -0.39 is 11.7 Å². The lowest BCUT2D eigenvalue weighted by molar-refractivity contribution is -0.137. The van der Waals surface area contributed by atoms with Crippen molar-refractivity contribution < 1.29 is 18.0 Å². The SMILES string of the molecule is Cn1nnnc1-c1cccc(NCC(=O)Nc2ccc(C(F)(F)F)cc2)c1. The Morgan fingerprint density at radius 1 is 1.11 bits per heavy atom.